The Morgan fingerprint density at radius 2 is 0.907 bits per heavy atom. The second-order valence-corrected chi connectivity index (χ2v) is 14.1. The molecule has 4 heteroatoms. The Balaban J connectivity index is 1.01. The summed E-state index contributed by atoms with van der Waals surface area (Å²) in [4.78, 5) is 0. The SMILES string of the molecule is c1ccc(-n2c3cccc(-c4ccc(-n5c6ccccc6c6cc(-c7ccc8oc9ccccc9c8c7)ccc65)cc4)c3c3c4ccccc4oc32)cc1. The van der Waals surface area contributed by atoms with E-state index in [-0.39, 0.29) is 0 Å². The van der Waals surface area contributed by atoms with Gasteiger partial charge in [0.2, 0.25) is 5.71 Å². The van der Waals surface area contributed by atoms with Crippen molar-refractivity contribution in [3.8, 4) is 33.6 Å². The molecule has 0 saturated heterocycles. The fourth-order valence-electron chi connectivity index (χ4n) is 8.73. The number of rotatable bonds is 4. The summed E-state index contributed by atoms with van der Waals surface area (Å²) in [6.07, 6.45) is 0. The number of hydrogen-bond acceptors (Lipinski definition) is 2. The first-order valence-electron chi connectivity index (χ1n) is 18.3. The van der Waals surface area contributed by atoms with E-state index in [0.29, 0.717) is 0 Å². The Kier molecular flexibility index (Phi) is 6.02. The van der Waals surface area contributed by atoms with Crippen molar-refractivity contribution >= 4 is 76.7 Å². The molecule has 0 amide bonds. The van der Waals surface area contributed by atoms with Gasteiger partial charge in [-0.3, -0.25) is 4.57 Å². The molecule has 0 aliphatic heterocycles. The third-order valence-electron chi connectivity index (χ3n) is 11.1. The molecule has 0 aliphatic rings. The van der Waals surface area contributed by atoms with Crippen LogP contribution in [0.25, 0.3) is 110 Å². The Morgan fingerprint density at radius 1 is 0.315 bits per heavy atom. The van der Waals surface area contributed by atoms with E-state index in [2.05, 4.69) is 173 Å². The topological polar surface area (TPSA) is 36.1 Å². The van der Waals surface area contributed by atoms with Crippen LogP contribution in [-0.4, -0.2) is 9.13 Å². The summed E-state index contributed by atoms with van der Waals surface area (Å²) in [5.41, 5.74) is 14.0. The Labute approximate surface area is 309 Å². The third-order valence-corrected chi connectivity index (χ3v) is 11.1. The van der Waals surface area contributed by atoms with Crippen molar-refractivity contribution in [3.05, 3.63) is 182 Å². The molecule has 0 radical (unpaired) electrons. The van der Waals surface area contributed by atoms with Crippen LogP contribution in [0.3, 0.4) is 0 Å². The van der Waals surface area contributed by atoms with Crippen molar-refractivity contribution in [2.75, 3.05) is 0 Å². The van der Waals surface area contributed by atoms with Gasteiger partial charge in [-0.2, -0.15) is 0 Å². The van der Waals surface area contributed by atoms with Crippen molar-refractivity contribution in [1.29, 1.82) is 0 Å². The summed E-state index contributed by atoms with van der Waals surface area (Å²) in [5.74, 6) is 0. The number of nitrogens with zero attached hydrogens (tertiary/aromatic N) is 2. The smallest absolute Gasteiger partial charge is 0.213 e. The molecule has 0 N–H and O–H groups in total. The zero-order chi connectivity index (χ0) is 35.3. The summed E-state index contributed by atoms with van der Waals surface area (Å²) in [6.45, 7) is 0. The van der Waals surface area contributed by atoms with Crippen molar-refractivity contribution in [2.24, 2.45) is 0 Å². The van der Waals surface area contributed by atoms with Crippen LogP contribution < -0.4 is 0 Å². The number of hydrogen-bond donors (Lipinski definition) is 0. The molecule has 4 heterocycles. The first-order valence-corrected chi connectivity index (χ1v) is 18.3. The highest BCUT2D eigenvalue weighted by molar-refractivity contribution is 6.24. The molecular weight excluding hydrogens is 661 g/mol. The Morgan fingerprint density at radius 3 is 1.74 bits per heavy atom. The lowest BCUT2D eigenvalue weighted by molar-refractivity contribution is 0.645. The highest BCUT2D eigenvalue weighted by Gasteiger charge is 2.22. The van der Waals surface area contributed by atoms with Crippen molar-refractivity contribution < 1.29 is 8.83 Å². The minimum Gasteiger partial charge on any atom is -0.456 e. The van der Waals surface area contributed by atoms with E-state index in [1.807, 2.05) is 18.2 Å². The average Bonchev–Trinajstić information content (AvgIpc) is 3.98. The molecule has 8 aromatic carbocycles. The molecule has 0 aliphatic carbocycles. The summed E-state index contributed by atoms with van der Waals surface area (Å²) in [6, 6.07) is 64.8. The van der Waals surface area contributed by atoms with E-state index in [1.54, 1.807) is 0 Å². The zero-order valence-electron chi connectivity index (χ0n) is 29.0. The van der Waals surface area contributed by atoms with Gasteiger partial charge < -0.3 is 13.4 Å². The number of fused-ring (bicyclic) bond motifs is 11. The molecule has 0 spiro atoms. The Bertz CT molecular complexity index is 3430. The van der Waals surface area contributed by atoms with Gasteiger partial charge >= 0.3 is 0 Å². The third kappa shape index (κ3) is 4.13. The van der Waals surface area contributed by atoms with Gasteiger partial charge in [-0.15, -0.1) is 0 Å². The molecule has 0 atom stereocenters. The molecule has 0 fully saturated rings. The van der Waals surface area contributed by atoms with Crippen LogP contribution in [0, 0.1) is 0 Å². The van der Waals surface area contributed by atoms with E-state index in [0.717, 1.165) is 66.5 Å². The normalized spacial score (nSPS) is 12.1. The van der Waals surface area contributed by atoms with Gasteiger partial charge in [-0.05, 0) is 95.1 Å². The van der Waals surface area contributed by atoms with E-state index < -0.39 is 0 Å². The molecule has 0 saturated carbocycles. The van der Waals surface area contributed by atoms with Crippen LogP contribution in [0.5, 0.6) is 0 Å². The quantitative estimate of drug-likeness (QED) is 0.184. The molecule has 0 bridgehead atoms. The van der Waals surface area contributed by atoms with Crippen LogP contribution in [0.1, 0.15) is 0 Å². The summed E-state index contributed by atoms with van der Waals surface area (Å²) in [7, 11) is 0. The maximum absolute atomic E-state index is 6.59. The van der Waals surface area contributed by atoms with Crippen molar-refractivity contribution in [2.45, 2.75) is 0 Å². The minimum absolute atomic E-state index is 0.865. The first kappa shape index (κ1) is 29.3. The maximum atomic E-state index is 6.59. The lowest BCUT2D eigenvalue weighted by atomic mass is 9.98. The fourth-order valence-corrected chi connectivity index (χ4v) is 8.73. The average molecular weight is 691 g/mol. The van der Waals surface area contributed by atoms with Crippen LogP contribution >= 0.6 is 0 Å². The number of furan rings is 2. The molecule has 12 rings (SSSR count). The second kappa shape index (κ2) is 11.1. The van der Waals surface area contributed by atoms with Crippen molar-refractivity contribution in [1.82, 2.24) is 9.13 Å². The van der Waals surface area contributed by atoms with E-state index >= 15 is 0 Å². The van der Waals surface area contributed by atoms with Gasteiger partial charge in [-0.1, -0.05) is 109 Å². The van der Waals surface area contributed by atoms with Gasteiger partial charge in [0.1, 0.15) is 16.7 Å². The van der Waals surface area contributed by atoms with Crippen molar-refractivity contribution in [3.63, 3.8) is 0 Å². The van der Waals surface area contributed by atoms with E-state index in [9.17, 15) is 0 Å². The van der Waals surface area contributed by atoms with Gasteiger partial charge in [0.25, 0.3) is 0 Å². The second-order valence-electron chi connectivity index (χ2n) is 14.1. The monoisotopic (exact) mass is 690 g/mol. The van der Waals surface area contributed by atoms with Gasteiger partial charge in [0.15, 0.2) is 0 Å². The molecule has 4 nitrogen and oxygen atoms in total. The van der Waals surface area contributed by atoms with Gasteiger partial charge in [0.05, 0.1) is 21.9 Å². The predicted octanol–water partition coefficient (Wildman–Crippen LogP) is 13.9. The van der Waals surface area contributed by atoms with Crippen LogP contribution in [0.2, 0.25) is 0 Å². The summed E-state index contributed by atoms with van der Waals surface area (Å²) in [5, 5.41) is 8.20. The summed E-state index contributed by atoms with van der Waals surface area (Å²) >= 11 is 0. The van der Waals surface area contributed by atoms with Crippen LogP contribution in [-0.2, 0) is 0 Å². The molecular formula is C50H30N2O2. The standard InChI is InChI=1S/C50H30N2O2/c1-2-11-34(12-3-1)52-44-18-10-16-36(48(44)49-39-15-6-9-20-46(39)54-50(49)52)31-21-25-35(26-22-31)51-42-17-7-4-13-37(42)40-29-32(23-27-43(40)51)33-24-28-47-41(30-33)38-14-5-8-19-45(38)53-47/h1-30H. The highest BCUT2D eigenvalue weighted by atomic mass is 16.3. The van der Waals surface area contributed by atoms with Gasteiger partial charge in [-0.25, -0.2) is 0 Å². The number of benzene rings is 8. The lowest BCUT2D eigenvalue weighted by Gasteiger charge is -2.11. The molecule has 12 aromatic rings. The van der Waals surface area contributed by atoms with E-state index in [1.165, 1.54) is 43.9 Å². The number of para-hydroxylation sites is 4. The minimum atomic E-state index is 0.865. The molecule has 4 aromatic heterocycles. The molecule has 54 heavy (non-hydrogen) atoms. The zero-order valence-corrected chi connectivity index (χ0v) is 29.0. The maximum Gasteiger partial charge on any atom is 0.213 e. The lowest BCUT2D eigenvalue weighted by Crippen LogP contribution is -1.94. The van der Waals surface area contributed by atoms with Crippen LogP contribution in [0.4, 0.5) is 0 Å². The molecule has 252 valence electrons. The number of aromatic nitrogens is 2. The molecule has 0 unspecified atom stereocenters. The van der Waals surface area contributed by atoms with Crippen LogP contribution in [0.15, 0.2) is 191 Å². The first-order chi connectivity index (χ1) is 26.8. The largest absolute Gasteiger partial charge is 0.456 e. The highest BCUT2D eigenvalue weighted by Crippen LogP contribution is 2.44. The predicted molar refractivity (Wildman–Crippen MR) is 223 cm³/mol. The van der Waals surface area contributed by atoms with E-state index in [4.69, 9.17) is 8.83 Å². The summed E-state index contributed by atoms with van der Waals surface area (Å²) < 4.78 is 17.4. The fraction of sp³-hybridized carbons (Fsp3) is 0. The van der Waals surface area contributed by atoms with Gasteiger partial charge in [0, 0.05) is 43.7 Å². The Hall–Kier alpha value is -7.30.